The van der Waals surface area contributed by atoms with Crippen LogP contribution in [0.2, 0.25) is 0 Å². The zero-order valence-corrected chi connectivity index (χ0v) is 16.2. The number of carbonyl (C=O) groups excluding carboxylic acids is 2. The number of benzene rings is 1. The Morgan fingerprint density at radius 2 is 1.96 bits per heavy atom. The zero-order valence-electron chi connectivity index (χ0n) is 16.2. The Hall–Kier alpha value is -2.82. The van der Waals surface area contributed by atoms with Gasteiger partial charge in [-0.2, -0.15) is 0 Å². The van der Waals surface area contributed by atoms with Gasteiger partial charge in [-0.1, -0.05) is 30.3 Å². The molecular formula is C22H28N2O3. The number of aromatic nitrogens is 1. The fourth-order valence-electron chi connectivity index (χ4n) is 2.92. The first-order valence-corrected chi connectivity index (χ1v) is 9.28. The molecule has 0 bridgehead atoms. The Bertz CT molecular complexity index is 779. The second-order valence-electron chi connectivity index (χ2n) is 6.42. The van der Waals surface area contributed by atoms with Crippen LogP contribution in [-0.4, -0.2) is 34.5 Å². The number of hydrogen-bond donors (Lipinski definition) is 0. The minimum absolute atomic E-state index is 0.0772. The lowest BCUT2D eigenvalue weighted by Gasteiger charge is -2.22. The molecule has 1 heterocycles. The summed E-state index contributed by atoms with van der Waals surface area (Å²) < 4.78 is 7.05. The summed E-state index contributed by atoms with van der Waals surface area (Å²) in [5.74, 6) is -0.418. The molecular weight excluding hydrogens is 340 g/mol. The van der Waals surface area contributed by atoms with Crippen molar-refractivity contribution in [3.63, 3.8) is 0 Å². The summed E-state index contributed by atoms with van der Waals surface area (Å²) in [5, 5.41) is 0. The van der Waals surface area contributed by atoms with Crippen LogP contribution in [0.15, 0.2) is 55.3 Å². The molecule has 0 radical (unpaired) electrons. The molecule has 0 aliphatic carbocycles. The lowest BCUT2D eigenvalue weighted by Crippen LogP contribution is -2.32. The fourth-order valence-corrected chi connectivity index (χ4v) is 2.92. The molecule has 0 fully saturated rings. The van der Waals surface area contributed by atoms with E-state index >= 15 is 0 Å². The SMILES string of the molecule is C=CCN(Cc1cccn1Cc1ccccc1C)C(=O)CCC(=O)OCC. The van der Waals surface area contributed by atoms with Crippen molar-refractivity contribution in [3.05, 3.63) is 72.1 Å². The monoisotopic (exact) mass is 368 g/mol. The molecule has 27 heavy (non-hydrogen) atoms. The van der Waals surface area contributed by atoms with E-state index in [4.69, 9.17) is 4.74 Å². The Morgan fingerprint density at radius 3 is 2.67 bits per heavy atom. The van der Waals surface area contributed by atoms with Crippen molar-refractivity contribution >= 4 is 11.9 Å². The second-order valence-corrected chi connectivity index (χ2v) is 6.42. The summed E-state index contributed by atoms with van der Waals surface area (Å²) in [6, 6.07) is 12.3. The maximum Gasteiger partial charge on any atom is 0.306 e. The number of aryl methyl sites for hydroxylation is 1. The Morgan fingerprint density at radius 1 is 1.19 bits per heavy atom. The van der Waals surface area contributed by atoms with Crippen LogP contribution in [-0.2, 0) is 27.4 Å². The Kier molecular flexibility index (Phi) is 7.86. The highest BCUT2D eigenvalue weighted by molar-refractivity contribution is 5.81. The molecule has 2 rings (SSSR count). The van der Waals surface area contributed by atoms with Gasteiger partial charge in [0.15, 0.2) is 0 Å². The summed E-state index contributed by atoms with van der Waals surface area (Å²) in [5.41, 5.74) is 3.54. The average molecular weight is 368 g/mol. The van der Waals surface area contributed by atoms with Crippen molar-refractivity contribution in [2.45, 2.75) is 39.8 Å². The van der Waals surface area contributed by atoms with E-state index in [1.165, 1.54) is 11.1 Å². The largest absolute Gasteiger partial charge is 0.466 e. The zero-order chi connectivity index (χ0) is 19.6. The van der Waals surface area contributed by atoms with E-state index in [2.05, 4.69) is 30.2 Å². The van der Waals surface area contributed by atoms with Gasteiger partial charge in [0.1, 0.15) is 0 Å². The van der Waals surface area contributed by atoms with Crippen molar-refractivity contribution in [2.24, 2.45) is 0 Å². The van der Waals surface area contributed by atoms with E-state index in [0.717, 1.165) is 12.2 Å². The summed E-state index contributed by atoms with van der Waals surface area (Å²) in [6.45, 7) is 9.61. The van der Waals surface area contributed by atoms with Gasteiger partial charge in [-0.05, 0) is 37.1 Å². The van der Waals surface area contributed by atoms with Crippen LogP contribution in [0, 0.1) is 6.92 Å². The summed E-state index contributed by atoms with van der Waals surface area (Å²) in [6.07, 6.45) is 3.98. The lowest BCUT2D eigenvalue weighted by molar-refractivity contribution is -0.145. The van der Waals surface area contributed by atoms with Crippen molar-refractivity contribution < 1.29 is 14.3 Å². The highest BCUT2D eigenvalue weighted by Crippen LogP contribution is 2.14. The maximum atomic E-state index is 12.6. The molecule has 0 saturated heterocycles. The van der Waals surface area contributed by atoms with E-state index in [1.54, 1.807) is 17.9 Å². The number of rotatable bonds is 10. The number of nitrogens with zero attached hydrogens (tertiary/aromatic N) is 2. The molecule has 0 unspecified atom stereocenters. The molecule has 1 aromatic carbocycles. The molecule has 2 aromatic rings. The number of esters is 1. The summed E-state index contributed by atoms with van der Waals surface area (Å²) in [4.78, 5) is 25.8. The predicted octanol–water partition coefficient (Wildman–Crippen LogP) is 3.70. The van der Waals surface area contributed by atoms with Crippen LogP contribution < -0.4 is 0 Å². The van der Waals surface area contributed by atoms with Crippen molar-refractivity contribution in [2.75, 3.05) is 13.2 Å². The van der Waals surface area contributed by atoms with Crippen LogP contribution >= 0.6 is 0 Å². The van der Waals surface area contributed by atoms with E-state index in [1.807, 2.05) is 30.5 Å². The third-order valence-electron chi connectivity index (χ3n) is 4.43. The highest BCUT2D eigenvalue weighted by atomic mass is 16.5. The fraction of sp³-hybridized carbons (Fsp3) is 0.364. The third kappa shape index (κ3) is 6.13. The highest BCUT2D eigenvalue weighted by Gasteiger charge is 2.16. The van der Waals surface area contributed by atoms with Gasteiger partial charge in [0.25, 0.3) is 0 Å². The first-order chi connectivity index (χ1) is 13.0. The number of amides is 1. The smallest absolute Gasteiger partial charge is 0.306 e. The van der Waals surface area contributed by atoms with Gasteiger partial charge < -0.3 is 14.2 Å². The molecule has 0 spiro atoms. The first-order valence-electron chi connectivity index (χ1n) is 9.28. The number of ether oxygens (including phenoxy) is 1. The van der Waals surface area contributed by atoms with Crippen molar-refractivity contribution in [1.29, 1.82) is 0 Å². The second kappa shape index (κ2) is 10.4. The predicted molar refractivity (Wildman–Crippen MR) is 106 cm³/mol. The Labute approximate surface area is 161 Å². The number of hydrogen-bond acceptors (Lipinski definition) is 3. The lowest BCUT2D eigenvalue weighted by atomic mass is 10.1. The van der Waals surface area contributed by atoms with Gasteiger partial charge in [0, 0.05) is 31.4 Å². The first kappa shape index (κ1) is 20.5. The minimum Gasteiger partial charge on any atom is -0.466 e. The molecule has 0 saturated carbocycles. The molecule has 1 amide bonds. The van der Waals surface area contributed by atoms with Gasteiger partial charge in [0.05, 0.1) is 19.6 Å². The molecule has 144 valence electrons. The normalized spacial score (nSPS) is 10.4. The van der Waals surface area contributed by atoms with Crippen LogP contribution in [0.3, 0.4) is 0 Å². The van der Waals surface area contributed by atoms with Gasteiger partial charge in [-0.3, -0.25) is 9.59 Å². The van der Waals surface area contributed by atoms with Gasteiger partial charge >= 0.3 is 5.97 Å². The summed E-state index contributed by atoms with van der Waals surface area (Å²) in [7, 11) is 0. The number of carbonyl (C=O) groups is 2. The van der Waals surface area contributed by atoms with Crippen LogP contribution in [0.4, 0.5) is 0 Å². The third-order valence-corrected chi connectivity index (χ3v) is 4.43. The van der Waals surface area contributed by atoms with Crippen LogP contribution in [0.5, 0.6) is 0 Å². The van der Waals surface area contributed by atoms with Crippen LogP contribution in [0.25, 0.3) is 0 Å². The molecule has 0 N–H and O–H groups in total. The van der Waals surface area contributed by atoms with Gasteiger partial charge in [-0.25, -0.2) is 0 Å². The molecule has 5 nitrogen and oxygen atoms in total. The Balaban J connectivity index is 2.05. The van der Waals surface area contributed by atoms with Crippen molar-refractivity contribution in [1.82, 2.24) is 9.47 Å². The van der Waals surface area contributed by atoms with E-state index in [0.29, 0.717) is 19.7 Å². The van der Waals surface area contributed by atoms with Gasteiger partial charge in [-0.15, -0.1) is 6.58 Å². The van der Waals surface area contributed by atoms with E-state index in [-0.39, 0.29) is 24.7 Å². The molecule has 0 atom stereocenters. The van der Waals surface area contributed by atoms with E-state index in [9.17, 15) is 9.59 Å². The van der Waals surface area contributed by atoms with Gasteiger partial charge in [0.2, 0.25) is 5.91 Å². The van der Waals surface area contributed by atoms with Crippen molar-refractivity contribution in [3.8, 4) is 0 Å². The quantitative estimate of drug-likeness (QED) is 0.475. The van der Waals surface area contributed by atoms with Crippen LogP contribution in [0.1, 0.15) is 36.6 Å². The molecule has 5 heteroatoms. The average Bonchev–Trinajstić information content (AvgIpc) is 3.08. The van der Waals surface area contributed by atoms with E-state index < -0.39 is 0 Å². The molecule has 0 aliphatic heterocycles. The molecule has 1 aromatic heterocycles. The standard InChI is InChI=1S/C22H28N2O3/c1-4-14-24(21(25)12-13-22(26)27-5-2)17-20-11-8-15-23(20)16-19-10-7-6-9-18(19)3/h4,6-11,15H,1,5,12-14,16-17H2,2-3H3. The summed E-state index contributed by atoms with van der Waals surface area (Å²) >= 11 is 0. The molecule has 0 aliphatic rings. The maximum absolute atomic E-state index is 12.6. The topological polar surface area (TPSA) is 51.5 Å². The minimum atomic E-state index is -0.340.